The SMILES string of the molecule is CCOCCOc1cc2c(cc1O)-c1cc(=O)c(C(=O)N=O)cn1[C@@H](CC)C2. The Hall–Kier alpha value is -3.00. The fourth-order valence-electron chi connectivity index (χ4n) is 3.46. The smallest absolute Gasteiger partial charge is 0.322 e. The minimum atomic E-state index is -1.08. The highest BCUT2D eigenvalue weighted by Gasteiger charge is 2.26. The Labute approximate surface area is 161 Å². The number of nitrogens with zero attached hydrogens (tertiary/aromatic N) is 2. The molecule has 1 aromatic carbocycles. The number of amides is 1. The third kappa shape index (κ3) is 3.68. The van der Waals surface area contributed by atoms with Crippen LogP contribution >= 0.6 is 0 Å². The number of aromatic nitrogens is 1. The van der Waals surface area contributed by atoms with E-state index >= 15 is 0 Å². The van der Waals surface area contributed by atoms with Crippen LogP contribution in [-0.2, 0) is 11.2 Å². The molecule has 8 nitrogen and oxygen atoms in total. The van der Waals surface area contributed by atoms with Crippen LogP contribution in [0.3, 0.4) is 0 Å². The van der Waals surface area contributed by atoms with Crippen LogP contribution in [0.25, 0.3) is 11.3 Å². The number of phenols is 1. The molecule has 1 amide bonds. The standard InChI is InChI=1S/C20H22N2O6/c1-3-13-7-12-8-19(28-6-5-27-4-2)18(24)9-14(12)16-10-17(23)15(11-22(13)16)20(25)21-26/h8-11,13,24H,3-7H2,1-2H3/t13-/m0/s1. The molecule has 0 spiro atoms. The van der Waals surface area contributed by atoms with E-state index in [4.69, 9.17) is 9.47 Å². The summed E-state index contributed by atoms with van der Waals surface area (Å²) in [6.45, 7) is 5.22. The summed E-state index contributed by atoms with van der Waals surface area (Å²) in [6, 6.07) is 4.64. The summed E-state index contributed by atoms with van der Waals surface area (Å²) >= 11 is 0. The number of benzene rings is 1. The van der Waals surface area contributed by atoms with Crippen LogP contribution < -0.4 is 10.2 Å². The van der Waals surface area contributed by atoms with Gasteiger partial charge in [-0.25, -0.2) is 0 Å². The third-order valence-electron chi connectivity index (χ3n) is 4.86. The Balaban J connectivity index is 2.04. The van der Waals surface area contributed by atoms with Crippen LogP contribution in [0.2, 0.25) is 0 Å². The van der Waals surface area contributed by atoms with Crippen molar-refractivity contribution in [3.63, 3.8) is 0 Å². The summed E-state index contributed by atoms with van der Waals surface area (Å²) in [5.74, 6) is -0.762. The number of ether oxygens (including phenoxy) is 2. The van der Waals surface area contributed by atoms with E-state index in [-0.39, 0.29) is 17.4 Å². The number of nitroso groups, excluding NO2 is 1. The number of pyridine rings is 1. The van der Waals surface area contributed by atoms with Gasteiger partial charge in [-0.3, -0.25) is 9.59 Å². The lowest BCUT2D eigenvalue weighted by molar-refractivity contribution is 0.0999. The largest absolute Gasteiger partial charge is 0.504 e. The topological polar surface area (TPSA) is 107 Å². The van der Waals surface area contributed by atoms with Crippen LogP contribution in [0.4, 0.5) is 0 Å². The van der Waals surface area contributed by atoms with E-state index in [1.165, 1.54) is 12.3 Å². The minimum absolute atomic E-state index is 0.0119. The molecular weight excluding hydrogens is 364 g/mol. The number of phenolic OH excluding ortho intramolecular Hbond substituents is 1. The predicted molar refractivity (Wildman–Crippen MR) is 103 cm³/mol. The van der Waals surface area contributed by atoms with Gasteiger partial charge in [-0.15, -0.1) is 4.91 Å². The Kier molecular flexibility index (Phi) is 5.89. The zero-order chi connectivity index (χ0) is 20.3. The van der Waals surface area contributed by atoms with Crippen molar-refractivity contribution >= 4 is 5.91 Å². The van der Waals surface area contributed by atoms with E-state index in [0.717, 1.165) is 12.0 Å². The van der Waals surface area contributed by atoms with Crippen molar-refractivity contribution in [1.29, 1.82) is 0 Å². The molecule has 3 rings (SSSR count). The average Bonchev–Trinajstić information content (AvgIpc) is 2.70. The van der Waals surface area contributed by atoms with E-state index in [1.807, 2.05) is 13.8 Å². The Morgan fingerprint density at radius 1 is 1.29 bits per heavy atom. The van der Waals surface area contributed by atoms with Crippen molar-refractivity contribution < 1.29 is 19.4 Å². The molecule has 0 unspecified atom stereocenters. The van der Waals surface area contributed by atoms with Crippen molar-refractivity contribution in [3.8, 4) is 22.8 Å². The lowest BCUT2D eigenvalue weighted by Gasteiger charge is -2.30. The minimum Gasteiger partial charge on any atom is -0.504 e. The first-order valence-electron chi connectivity index (χ1n) is 9.20. The van der Waals surface area contributed by atoms with Crippen molar-refractivity contribution in [3.05, 3.63) is 50.7 Å². The number of hydrogen-bond donors (Lipinski definition) is 1. The molecule has 28 heavy (non-hydrogen) atoms. The molecule has 2 aromatic rings. The highest BCUT2D eigenvalue weighted by molar-refractivity contribution is 5.94. The highest BCUT2D eigenvalue weighted by atomic mass is 16.5. The van der Waals surface area contributed by atoms with Crippen molar-refractivity contribution in [2.75, 3.05) is 19.8 Å². The summed E-state index contributed by atoms with van der Waals surface area (Å²) in [7, 11) is 0. The number of hydrogen-bond acceptors (Lipinski definition) is 6. The Morgan fingerprint density at radius 3 is 2.75 bits per heavy atom. The second kappa shape index (κ2) is 8.35. The zero-order valence-corrected chi connectivity index (χ0v) is 15.8. The molecule has 8 heteroatoms. The fourth-order valence-corrected chi connectivity index (χ4v) is 3.46. The summed E-state index contributed by atoms with van der Waals surface area (Å²) in [5, 5.41) is 12.7. The first-order chi connectivity index (χ1) is 13.5. The molecule has 1 aliphatic rings. The van der Waals surface area contributed by atoms with Crippen LogP contribution in [0.1, 0.15) is 42.2 Å². The van der Waals surface area contributed by atoms with Gasteiger partial charge in [-0.2, -0.15) is 0 Å². The molecule has 0 radical (unpaired) electrons. The molecule has 0 aliphatic carbocycles. The van der Waals surface area contributed by atoms with Crippen LogP contribution in [0.5, 0.6) is 11.5 Å². The van der Waals surface area contributed by atoms with E-state index in [9.17, 15) is 19.6 Å². The van der Waals surface area contributed by atoms with Gasteiger partial charge in [0.1, 0.15) is 12.2 Å². The van der Waals surface area contributed by atoms with Gasteiger partial charge in [0.2, 0.25) is 0 Å². The maximum Gasteiger partial charge on any atom is 0.322 e. The lowest BCUT2D eigenvalue weighted by atomic mass is 9.90. The first kappa shape index (κ1) is 19.8. The molecule has 0 saturated heterocycles. The number of rotatable bonds is 7. The number of aromatic hydroxyl groups is 1. The predicted octanol–water partition coefficient (Wildman–Crippen LogP) is 3.05. The molecular formula is C20H22N2O6. The average molecular weight is 386 g/mol. The number of carbonyl (C=O) groups excluding carboxylic acids is 1. The van der Waals surface area contributed by atoms with Gasteiger partial charge in [0.15, 0.2) is 16.9 Å². The van der Waals surface area contributed by atoms with Gasteiger partial charge in [0, 0.05) is 35.7 Å². The van der Waals surface area contributed by atoms with Gasteiger partial charge in [-0.05, 0) is 37.5 Å². The van der Waals surface area contributed by atoms with Crippen LogP contribution in [0, 0.1) is 4.91 Å². The van der Waals surface area contributed by atoms with E-state index in [1.54, 1.807) is 16.7 Å². The molecule has 148 valence electrons. The van der Waals surface area contributed by atoms with Gasteiger partial charge in [0.25, 0.3) is 0 Å². The Morgan fingerprint density at radius 2 is 2.07 bits per heavy atom. The maximum atomic E-state index is 12.3. The van der Waals surface area contributed by atoms with Crippen LogP contribution in [-0.4, -0.2) is 35.4 Å². The molecule has 0 bridgehead atoms. The number of carbonyl (C=O) groups is 1. The second-order valence-corrected chi connectivity index (χ2v) is 6.53. The first-order valence-corrected chi connectivity index (χ1v) is 9.20. The summed E-state index contributed by atoms with van der Waals surface area (Å²) in [4.78, 5) is 34.5. The van der Waals surface area contributed by atoms with Gasteiger partial charge >= 0.3 is 5.91 Å². The second-order valence-electron chi connectivity index (χ2n) is 6.53. The van der Waals surface area contributed by atoms with Crippen LogP contribution in [0.15, 0.2) is 34.4 Å². The van der Waals surface area contributed by atoms with Crippen molar-refractivity contribution in [1.82, 2.24) is 4.57 Å². The molecule has 0 saturated carbocycles. The van der Waals surface area contributed by atoms with Gasteiger partial charge < -0.3 is 19.1 Å². The summed E-state index contributed by atoms with van der Waals surface area (Å²) in [5.41, 5.74) is 1.38. The lowest BCUT2D eigenvalue weighted by Crippen LogP contribution is -2.25. The van der Waals surface area contributed by atoms with Crippen molar-refractivity contribution in [2.45, 2.75) is 32.7 Å². The molecule has 1 aromatic heterocycles. The van der Waals surface area contributed by atoms with E-state index in [2.05, 4.69) is 5.18 Å². The normalized spacial score (nSPS) is 14.9. The van der Waals surface area contributed by atoms with Gasteiger partial charge in [-0.1, -0.05) is 6.92 Å². The molecule has 1 atom stereocenters. The molecule has 1 aliphatic heterocycles. The zero-order valence-electron chi connectivity index (χ0n) is 15.8. The van der Waals surface area contributed by atoms with Crippen molar-refractivity contribution in [2.24, 2.45) is 5.18 Å². The monoisotopic (exact) mass is 386 g/mol. The Bertz CT molecular complexity index is 966. The maximum absolute atomic E-state index is 12.3. The summed E-state index contributed by atoms with van der Waals surface area (Å²) in [6.07, 6.45) is 2.77. The molecule has 2 heterocycles. The highest BCUT2D eigenvalue weighted by Crippen LogP contribution is 2.41. The third-order valence-corrected chi connectivity index (χ3v) is 4.86. The summed E-state index contributed by atoms with van der Waals surface area (Å²) < 4.78 is 12.7. The molecule has 1 N–H and O–H groups in total. The quantitative estimate of drug-likeness (QED) is 0.579. The van der Waals surface area contributed by atoms with E-state index in [0.29, 0.717) is 43.2 Å². The van der Waals surface area contributed by atoms with Gasteiger partial charge in [0.05, 0.1) is 12.3 Å². The number of fused-ring (bicyclic) bond motifs is 3. The fraction of sp³-hybridized carbons (Fsp3) is 0.400. The molecule has 0 fully saturated rings. The van der Waals surface area contributed by atoms with E-state index < -0.39 is 11.3 Å².